The molecule has 1 aromatic heterocycles. The van der Waals surface area contributed by atoms with Gasteiger partial charge in [-0.3, -0.25) is 9.48 Å². The fraction of sp³-hybridized carbons (Fsp3) is 0.130. The van der Waals surface area contributed by atoms with E-state index in [0.717, 1.165) is 22.0 Å². The van der Waals surface area contributed by atoms with Crippen LogP contribution in [-0.2, 0) is 11.3 Å². The third-order valence-corrected chi connectivity index (χ3v) is 5.42. The second-order valence-electron chi connectivity index (χ2n) is 6.87. The van der Waals surface area contributed by atoms with Crippen LogP contribution in [0.4, 0.5) is 5.82 Å². The zero-order chi connectivity index (χ0) is 21.1. The molecule has 0 saturated heterocycles. The van der Waals surface area contributed by atoms with E-state index < -0.39 is 0 Å². The number of aromatic nitrogens is 2. The third-order valence-electron chi connectivity index (χ3n) is 4.71. The number of hydrogen-bond donors (Lipinski definition) is 1. The van der Waals surface area contributed by atoms with Crippen molar-refractivity contribution in [2.75, 3.05) is 11.9 Å². The van der Waals surface area contributed by atoms with Crippen LogP contribution in [0.1, 0.15) is 11.3 Å². The molecular formula is C23H19Cl2N3O2. The lowest BCUT2D eigenvalue weighted by molar-refractivity contribution is -0.118. The first kappa shape index (κ1) is 20.3. The fourth-order valence-corrected chi connectivity index (χ4v) is 3.67. The Labute approximate surface area is 184 Å². The highest BCUT2D eigenvalue weighted by atomic mass is 35.5. The minimum Gasteiger partial charge on any atom is -0.484 e. The largest absolute Gasteiger partial charge is 0.484 e. The molecule has 4 aromatic rings. The number of rotatable bonds is 6. The number of benzene rings is 3. The summed E-state index contributed by atoms with van der Waals surface area (Å²) in [5, 5.41) is 10.5. The van der Waals surface area contributed by atoms with Gasteiger partial charge in [0.15, 0.2) is 12.4 Å². The Hall–Kier alpha value is -3.02. The lowest BCUT2D eigenvalue weighted by atomic mass is 10.1. The topological polar surface area (TPSA) is 56.1 Å². The summed E-state index contributed by atoms with van der Waals surface area (Å²) in [5.41, 5.74) is 1.65. The van der Waals surface area contributed by atoms with E-state index in [2.05, 4.69) is 10.4 Å². The average molecular weight is 440 g/mol. The van der Waals surface area contributed by atoms with Crippen molar-refractivity contribution in [2.45, 2.75) is 13.5 Å². The van der Waals surface area contributed by atoms with Crippen LogP contribution in [0.15, 0.2) is 66.7 Å². The van der Waals surface area contributed by atoms with Gasteiger partial charge in [0.25, 0.3) is 5.91 Å². The van der Waals surface area contributed by atoms with Gasteiger partial charge in [-0.15, -0.1) is 0 Å². The molecule has 0 atom stereocenters. The van der Waals surface area contributed by atoms with Crippen LogP contribution in [-0.4, -0.2) is 22.3 Å². The van der Waals surface area contributed by atoms with Gasteiger partial charge < -0.3 is 10.1 Å². The Balaban J connectivity index is 1.39. The molecule has 30 heavy (non-hydrogen) atoms. The molecular weight excluding hydrogens is 421 g/mol. The molecule has 3 aromatic carbocycles. The highest BCUT2D eigenvalue weighted by Crippen LogP contribution is 2.26. The summed E-state index contributed by atoms with van der Waals surface area (Å²) in [6.07, 6.45) is 0. The van der Waals surface area contributed by atoms with Crippen LogP contribution >= 0.6 is 23.2 Å². The van der Waals surface area contributed by atoms with Crippen LogP contribution in [0.2, 0.25) is 10.0 Å². The van der Waals surface area contributed by atoms with Crippen molar-refractivity contribution in [1.29, 1.82) is 0 Å². The van der Waals surface area contributed by atoms with Gasteiger partial charge in [-0.25, -0.2) is 0 Å². The first-order valence-electron chi connectivity index (χ1n) is 9.38. The van der Waals surface area contributed by atoms with Crippen molar-refractivity contribution in [1.82, 2.24) is 9.78 Å². The summed E-state index contributed by atoms with van der Waals surface area (Å²) < 4.78 is 7.37. The van der Waals surface area contributed by atoms with Gasteiger partial charge in [0.05, 0.1) is 6.54 Å². The van der Waals surface area contributed by atoms with Crippen molar-refractivity contribution in [3.8, 4) is 5.75 Å². The first-order valence-corrected chi connectivity index (χ1v) is 10.1. The average Bonchev–Trinajstić information content (AvgIpc) is 3.07. The summed E-state index contributed by atoms with van der Waals surface area (Å²) in [7, 11) is 0. The van der Waals surface area contributed by atoms with Gasteiger partial charge in [-0.2, -0.15) is 5.10 Å². The molecule has 0 aliphatic rings. The van der Waals surface area contributed by atoms with Crippen LogP contribution in [0.25, 0.3) is 10.8 Å². The number of anilines is 1. The summed E-state index contributed by atoms with van der Waals surface area (Å²) in [5.74, 6) is 0.797. The van der Waals surface area contributed by atoms with E-state index in [0.29, 0.717) is 28.2 Å². The van der Waals surface area contributed by atoms with Crippen LogP contribution in [0, 0.1) is 6.92 Å². The van der Waals surface area contributed by atoms with Gasteiger partial charge in [0.1, 0.15) is 5.75 Å². The van der Waals surface area contributed by atoms with E-state index in [1.54, 1.807) is 28.9 Å². The second-order valence-corrected chi connectivity index (χ2v) is 7.69. The SMILES string of the molecule is Cc1cc(NC(=O)COc2ccc3ccccc3c2)nn1Cc1c(Cl)cccc1Cl. The second kappa shape index (κ2) is 8.78. The third kappa shape index (κ3) is 4.58. The smallest absolute Gasteiger partial charge is 0.263 e. The van der Waals surface area contributed by atoms with E-state index in [1.165, 1.54) is 0 Å². The monoisotopic (exact) mass is 439 g/mol. The number of carbonyl (C=O) groups is 1. The molecule has 0 aliphatic carbocycles. The summed E-state index contributed by atoms with van der Waals surface area (Å²) in [6.45, 7) is 2.20. The van der Waals surface area contributed by atoms with Crippen molar-refractivity contribution in [3.05, 3.63) is 88.0 Å². The Morgan fingerprint density at radius 3 is 2.50 bits per heavy atom. The molecule has 0 unspecified atom stereocenters. The Bertz CT molecular complexity index is 1200. The maximum atomic E-state index is 12.3. The standard InChI is InChI=1S/C23H19Cl2N3O2/c1-15-11-22(27-28(15)13-19-20(24)7-4-8-21(19)25)26-23(29)14-30-18-10-9-16-5-2-3-6-17(16)12-18/h2-12H,13-14H2,1H3,(H,26,27,29). The number of nitrogens with one attached hydrogen (secondary N) is 1. The predicted octanol–water partition coefficient (Wildman–Crippen LogP) is 5.72. The molecule has 152 valence electrons. The van der Waals surface area contributed by atoms with E-state index in [-0.39, 0.29) is 12.5 Å². The number of ether oxygens (including phenoxy) is 1. The first-order chi connectivity index (χ1) is 14.5. The molecule has 1 amide bonds. The predicted molar refractivity (Wildman–Crippen MR) is 121 cm³/mol. The van der Waals surface area contributed by atoms with E-state index in [9.17, 15) is 4.79 Å². The molecule has 4 rings (SSSR count). The van der Waals surface area contributed by atoms with Crippen LogP contribution < -0.4 is 10.1 Å². The number of fused-ring (bicyclic) bond motifs is 1. The van der Waals surface area contributed by atoms with E-state index in [4.69, 9.17) is 27.9 Å². The maximum Gasteiger partial charge on any atom is 0.263 e. The van der Waals surface area contributed by atoms with Crippen LogP contribution in [0.3, 0.4) is 0 Å². The maximum absolute atomic E-state index is 12.3. The summed E-state index contributed by atoms with van der Waals surface area (Å²) in [4.78, 5) is 12.3. The molecule has 1 N–H and O–H groups in total. The highest BCUT2D eigenvalue weighted by molar-refractivity contribution is 6.35. The fourth-order valence-electron chi connectivity index (χ4n) is 3.15. The molecule has 0 radical (unpaired) electrons. The Kier molecular flexibility index (Phi) is 5.93. The van der Waals surface area contributed by atoms with Gasteiger partial charge in [0, 0.05) is 27.4 Å². The molecule has 0 saturated carbocycles. The molecule has 0 bridgehead atoms. The van der Waals surface area contributed by atoms with Gasteiger partial charge in [0.2, 0.25) is 0 Å². The van der Waals surface area contributed by atoms with Crippen LogP contribution in [0.5, 0.6) is 5.75 Å². The number of amides is 1. The number of halogens is 2. The summed E-state index contributed by atoms with van der Waals surface area (Å²) in [6, 6.07) is 20.9. The number of hydrogen-bond acceptors (Lipinski definition) is 3. The van der Waals surface area contributed by atoms with Gasteiger partial charge >= 0.3 is 0 Å². The quantitative estimate of drug-likeness (QED) is 0.418. The molecule has 5 nitrogen and oxygen atoms in total. The Morgan fingerprint density at radius 1 is 1.00 bits per heavy atom. The number of carbonyl (C=O) groups excluding carboxylic acids is 1. The highest BCUT2D eigenvalue weighted by Gasteiger charge is 2.12. The number of nitrogens with zero attached hydrogens (tertiary/aromatic N) is 2. The van der Waals surface area contributed by atoms with Gasteiger partial charge in [-0.05, 0) is 42.0 Å². The number of aryl methyl sites for hydroxylation is 1. The van der Waals surface area contributed by atoms with Crippen molar-refractivity contribution < 1.29 is 9.53 Å². The van der Waals surface area contributed by atoms with E-state index >= 15 is 0 Å². The molecule has 1 heterocycles. The lowest BCUT2D eigenvalue weighted by Gasteiger charge is -2.09. The molecule has 0 fully saturated rings. The summed E-state index contributed by atoms with van der Waals surface area (Å²) >= 11 is 12.5. The van der Waals surface area contributed by atoms with Crippen molar-refractivity contribution in [2.24, 2.45) is 0 Å². The van der Waals surface area contributed by atoms with E-state index in [1.807, 2.05) is 49.4 Å². The minimum absolute atomic E-state index is 0.111. The zero-order valence-corrected chi connectivity index (χ0v) is 17.7. The lowest BCUT2D eigenvalue weighted by Crippen LogP contribution is -2.20. The van der Waals surface area contributed by atoms with Crippen molar-refractivity contribution >= 4 is 45.7 Å². The minimum atomic E-state index is -0.288. The zero-order valence-electron chi connectivity index (χ0n) is 16.2. The Morgan fingerprint density at radius 2 is 1.73 bits per heavy atom. The van der Waals surface area contributed by atoms with Crippen molar-refractivity contribution in [3.63, 3.8) is 0 Å². The molecule has 0 spiro atoms. The molecule has 0 aliphatic heterocycles. The van der Waals surface area contributed by atoms with Gasteiger partial charge in [-0.1, -0.05) is 59.6 Å². The normalized spacial score (nSPS) is 10.9. The molecule has 7 heteroatoms.